The predicted octanol–water partition coefficient (Wildman–Crippen LogP) is 3.67. The number of halogens is 3. The number of aromatic nitrogens is 3. The molecule has 0 spiro atoms. The Morgan fingerprint density at radius 2 is 1.65 bits per heavy atom. The van der Waals surface area contributed by atoms with Crippen LogP contribution in [-0.4, -0.2) is 39.1 Å². The van der Waals surface area contributed by atoms with E-state index in [0.717, 1.165) is 39.6 Å². The van der Waals surface area contributed by atoms with E-state index in [2.05, 4.69) is 10.3 Å². The van der Waals surface area contributed by atoms with Gasteiger partial charge in [0.05, 0.1) is 35.5 Å². The van der Waals surface area contributed by atoms with E-state index in [4.69, 9.17) is 4.74 Å². The second-order valence-electron chi connectivity index (χ2n) is 9.43. The van der Waals surface area contributed by atoms with Crippen molar-refractivity contribution in [3.8, 4) is 5.69 Å². The van der Waals surface area contributed by atoms with Crippen LogP contribution in [0.1, 0.15) is 52.4 Å². The van der Waals surface area contributed by atoms with Crippen molar-refractivity contribution in [2.45, 2.75) is 37.8 Å². The largest absolute Gasteiger partial charge is 0.465 e. The van der Waals surface area contributed by atoms with Gasteiger partial charge in [-0.3, -0.25) is 14.2 Å². The summed E-state index contributed by atoms with van der Waals surface area (Å²) in [7, 11) is 1.22. The molecular formula is C28H23F3N4O5. The number of pyridine rings is 1. The highest BCUT2D eigenvalue weighted by Gasteiger charge is 2.29. The molecule has 0 atom stereocenters. The molecule has 5 rings (SSSR count). The Morgan fingerprint density at radius 3 is 2.33 bits per heavy atom. The van der Waals surface area contributed by atoms with Crippen LogP contribution in [0.3, 0.4) is 0 Å². The number of ether oxygens (including phenoxy) is 1. The van der Waals surface area contributed by atoms with Crippen molar-refractivity contribution in [2.24, 2.45) is 0 Å². The van der Waals surface area contributed by atoms with Gasteiger partial charge in [-0.25, -0.2) is 32.3 Å². The Balaban J connectivity index is 1.45. The van der Waals surface area contributed by atoms with Crippen LogP contribution in [0.5, 0.6) is 0 Å². The Bertz CT molecular complexity index is 1760. The van der Waals surface area contributed by atoms with Gasteiger partial charge in [0.25, 0.3) is 11.5 Å². The molecular weight excluding hydrogens is 529 g/mol. The van der Waals surface area contributed by atoms with Crippen LogP contribution in [-0.2, 0) is 4.74 Å². The molecule has 1 saturated carbocycles. The van der Waals surface area contributed by atoms with Gasteiger partial charge in [0.15, 0.2) is 17.3 Å². The summed E-state index contributed by atoms with van der Waals surface area (Å²) >= 11 is 0. The number of rotatable bonds is 5. The molecule has 0 radical (unpaired) electrons. The number of esters is 1. The minimum absolute atomic E-state index is 0.0769. The minimum atomic E-state index is -1.21. The van der Waals surface area contributed by atoms with Crippen LogP contribution >= 0.6 is 0 Å². The van der Waals surface area contributed by atoms with E-state index in [-0.39, 0.29) is 33.9 Å². The monoisotopic (exact) mass is 552 g/mol. The molecule has 0 bridgehead atoms. The van der Waals surface area contributed by atoms with Crippen molar-refractivity contribution in [1.29, 1.82) is 0 Å². The van der Waals surface area contributed by atoms with Gasteiger partial charge < -0.3 is 10.1 Å². The van der Waals surface area contributed by atoms with Crippen molar-refractivity contribution in [1.82, 2.24) is 19.4 Å². The molecule has 4 aromatic rings. The number of methoxy groups -OCH3 is 1. The third-order valence-electron chi connectivity index (χ3n) is 7.03. The topological polar surface area (TPSA) is 112 Å². The van der Waals surface area contributed by atoms with E-state index >= 15 is 0 Å². The van der Waals surface area contributed by atoms with Gasteiger partial charge in [0, 0.05) is 18.2 Å². The highest BCUT2D eigenvalue weighted by atomic mass is 19.2. The number of hydrogen-bond acceptors (Lipinski definition) is 6. The van der Waals surface area contributed by atoms with Gasteiger partial charge in [-0.05, 0) is 56.0 Å². The van der Waals surface area contributed by atoms with Gasteiger partial charge in [-0.1, -0.05) is 12.1 Å². The zero-order chi connectivity index (χ0) is 28.6. The van der Waals surface area contributed by atoms with Crippen molar-refractivity contribution < 1.29 is 27.5 Å². The fourth-order valence-electron chi connectivity index (χ4n) is 5.07. The smallest absolute Gasteiger partial charge is 0.338 e. The molecule has 0 aliphatic heterocycles. The van der Waals surface area contributed by atoms with Gasteiger partial charge in [0.2, 0.25) is 0 Å². The maximum atomic E-state index is 14.1. The van der Waals surface area contributed by atoms with Crippen LogP contribution in [0.4, 0.5) is 13.2 Å². The lowest BCUT2D eigenvalue weighted by atomic mass is 9.90. The summed E-state index contributed by atoms with van der Waals surface area (Å²) in [6.45, 7) is 0. The lowest BCUT2D eigenvalue weighted by Gasteiger charge is -2.30. The summed E-state index contributed by atoms with van der Waals surface area (Å²) in [5.74, 6) is -4.24. The number of benzene rings is 2. The Hall–Kier alpha value is -4.74. The molecule has 9 nitrogen and oxygen atoms in total. The fraction of sp³-hybridized carbons (Fsp3) is 0.250. The Kier molecular flexibility index (Phi) is 7.24. The lowest BCUT2D eigenvalue weighted by molar-refractivity contribution is 0.0596. The van der Waals surface area contributed by atoms with Crippen molar-refractivity contribution in [3.63, 3.8) is 0 Å². The zero-order valence-corrected chi connectivity index (χ0v) is 21.2. The van der Waals surface area contributed by atoms with Gasteiger partial charge >= 0.3 is 11.7 Å². The number of nitrogens with one attached hydrogen (secondary N) is 1. The van der Waals surface area contributed by atoms with E-state index < -0.39 is 46.6 Å². The van der Waals surface area contributed by atoms with Crippen LogP contribution in [0.15, 0.2) is 64.3 Å². The number of nitrogens with zero attached hydrogens (tertiary/aromatic N) is 3. The van der Waals surface area contributed by atoms with E-state index in [1.807, 2.05) is 0 Å². The average Bonchev–Trinajstić information content (AvgIpc) is 2.95. The molecule has 2 aromatic heterocycles. The fourth-order valence-corrected chi connectivity index (χ4v) is 5.07. The summed E-state index contributed by atoms with van der Waals surface area (Å²) in [5, 5.41) is 2.69. The lowest BCUT2D eigenvalue weighted by Crippen LogP contribution is -2.45. The number of carbonyl (C=O) groups excluding carboxylic acids is 2. The van der Waals surface area contributed by atoms with Crippen molar-refractivity contribution >= 4 is 22.9 Å². The maximum Gasteiger partial charge on any atom is 0.338 e. The van der Waals surface area contributed by atoms with Crippen LogP contribution < -0.4 is 16.6 Å². The molecule has 1 aliphatic rings. The first-order valence-corrected chi connectivity index (χ1v) is 12.5. The summed E-state index contributed by atoms with van der Waals surface area (Å²) < 4.78 is 48.4. The first-order chi connectivity index (χ1) is 19.2. The van der Waals surface area contributed by atoms with Crippen molar-refractivity contribution in [3.05, 3.63) is 104 Å². The van der Waals surface area contributed by atoms with Gasteiger partial charge in [-0.15, -0.1) is 0 Å². The standard InChI is InChI=1S/C28H23F3N4O5/c1-40-27(38)20-5-3-2-4-19(20)25(36)33-16-6-8-17(9-7-16)35-26(37)21-12-15(29)14-32-24(21)34(28(35)39)18-10-11-22(30)23(31)13-18/h2-5,10-14,16-17H,6-9H2,1H3,(H,33,36). The predicted molar refractivity (Wildman–Crippen MR) is 138 cm³/mol. The number of carbonyl (C=O) groups is 2. The molecule has 1 N–H and O–H groups in total. The van der Waals surface area contributed by atoms with E-state index in [9.17, 15) is 32.3 Å². The third-order valence-corrected chi connectivity index (χ3v) is 7.03. The molecule has 1 aliphatic carbocycles. The summed E-state index contributed by atoms with van der Waals surface area (Å²) in [5.41, 5.74) is -1.58. The van der Waals surface area contributed by atoms with E-state index in [1.54, 1.807) is 12.1 Å². The quantitative estimate of drug-likeness (QED) is 0.378. The van der Waals surface area contributed by atoms with E-state index in [0.29, 0.717) is 25.7 Å². The summed E-state index contributed by atoms with van der Waals surface area (Å²) in [6, 6.07) is 9.07. The number of amides is 1. The third kappa shape index (κ3) is 4.88. The second-order valence-corrected chi connectivity index (χ2v) is 9.43. The molecule has 40 heavy (non-hydrogen) atoms. The second kappa shape index (κ2) is 10.8. The first-order valence-electron chi connectivity index (χ1n) is 12.5. The summed E-state index contributed by atoms with van der Waals surface area (Å²) in [4.78, 5) is 55.8. The van der Waals surface area contributed by atoms with Crippen LogP contribution in [0, 0.1) is 17.5 Å². The van der Waals surface area contributed by atoms with E-state index in [1.165, 1.54) is 19.2 Å². The Labute approximate surface area is 224 Å². The van der Waals surface area contributed by atoms with Crippen LogP contribution in [0.2, 0.25) is 0 Å². The van der Waals surface area contributed by atoms with Crippen LogP contribution in [0.25, 0.3) is 16.7 Å². The first kappa shape index (κ1) is 26.9. The molecule has 2 heterocycles. The molecule has 0 unspecified atom stereocenters. The number of hydrogen-bond donors (Lipinski definition) is 1. The highest BCUT2D eigenvalue weighted by Crippen LogP contribution is 2.28. The van der Waals surface area contributed by atoms with Gasteiger partial charge in [0.1, 0.15) is 5.82 Å². The van der Waals surface area contributed by atoms with Gasteiger partial charge in [-0.2, -0.15) is 0 Å². The maximum absolute atomic E-state index is 14.1. The SMILES string of the molecule is COC(=O)c1ccccc1C(=O)NC1CCC(n2c(=O)c3cc(F)cnc3n(-c3ccc(F)c(F)c3)c2=O)CC1. The molecule has 12 heteroatoms. The van der Waals surface area contributed by atoms with Crippen molar-refractivity contribution in [2.75, 3.05) is 7.11 Å². The molecule has 1 fully saturated rings. The molecule has 0 saturated heterocycles. The highest BCUT2D eigenvalue weighted by molar-refractivity contribution is 6.05. The number of fused-ring (bicyclic) bond motifs is 1. The summed E-state index contributed by atoms with van der Waals surface area (Å²) in [6.07, 6.45) is 2.24. The normalized spacial score (nSPS) is 17.0. The Morgan fingerprint density at radius 1 is 0.950 bits per heavy atom. The average molecular weight is 553 g/mol. The molecule has 2 aromatic carbocycles. The zero-order valence-electron chi connectivity index (χ0n) is 21.2. The minimum Gasteiger partial charge on any atom is -0.465 e. The molecule has 206 valence electrons. The molecule has 1 amide bonds.